The topological polar surface area (TPSA) is 66.6 Å². The summed E-state index contributed by atoms with van der Waals surface area (Å²) in [5.74, 6) is 0. The van der Waals surface area contributed by atoms with Crippen LogP contribution in [0.25, 0.3) is 0 Å². The standard InChI is InChI=1S/C15H25N3O2S/c1-5-13-10-18(9-8-17(13)4)21(19,20)15-12(3)11(2)6-7-14(15)16/h6-7,13H,5,8-10,16H2,1-4H3. The predicted octanol–water partition coefficient (Wildman–Crippen LogP) is 1.60. The van der Waals surface area contributed by atoms with Gasteiger partial charge in [0.15, 0.2) is 0 Å². The van der Waals surface area contributed by atoms with Gasteiger partial charge in [0.2, 0.25) is 10.0 Å². The zero-order valence-corrected chi connectivity index (χ0v) is 14.1. The molecule has 0 amide bonds. The highest BCUT2D eigenvalue weighted by Gasteiger charge is 2.34. The first-order chi connectivity index (χ1) is 9.78. The molecule has 1 saturated heterocycles. The van der Waals surface area contributed by atoms with E-state index in [-0.39, 0.29) is 10.9 Å². The summed E-state index contributed by atoms with van der Waals surface area (Å²) in [4.78, 5) is 2.50. The Labute approximate surface area is 127 Å². The predicted molar refractivity (Wildman–Crippen MR) is 85.8 cm³/mol. The Morgan fingerprint density at radius 1 is 1.29 bits per heavy atom. The lowest BCUT2D eigenvalue weighted by Crippen LogP contribution is -2.53. The Morgan fingerprint density at radius 3 is 2.57 bits per heavy atom. The maximum Gasteiger partial charge on any atom is 0.245 e. The molecule has 1 aliphatic heterocycles. The second kappa shape index (κ2) is 5.94. The van der Waals surface area contributed by atoms with Gasteiger partial charge < -0.3 is 10.6 Å². The first-order valence-electron chi connectivity index (χ1n) is 7.35. The summed E-state index contributed by atoms with van der Waals surface area (Å²) in [6.07, 6.45) is 0.935. The van der Waals surface area contributed by atoms with Gasteiger partial charge in [-0.1, -0.05) is 13.0 Å². The molecule has 21 heavy (non-hydrogen) atoms. The van der Waals surface area contributed by atoms with Crippen molar-refractivity contribution in [3.8, 4) is 0 Å². The SMILES string of the molecule is CCC1CN(S(=O)(=O)c2c(N)ccc(C)c2C)CCN1C. The average Bonchev–Trinajstić information content (AvgIpc) is 2.43. The van der Waals surface area contributed by atoms with E-state index in [0.29, 0.717) is 18.8 Å². The van der Waals surface area contributed by atoms with Crippen molar-refractivity contribution < 1.29 is 8.42 Å². The first kappa shape index (κ1) is 16.3. The number of nitrogen functional groups attached to an aromatic ring is 1. The van der Waals surface area contributed by atoms with Crippen molar-refractivity contribution in [3.63, 3.8) is 0 Å². The summed E-state index contributed by atoms with van der Waals surface area (Å²) in [5.41, 5.74) is 8.00. The maximum absolute atomic E-state index is 13.0. The fourth-order valence-electron chi connectivity index (χ4n) is 2.86. The molecule has 0 radical (unpaired) electrons. The molecule has 118 valence electrons. The summed E-state index contributed by atoms with van der Waals surface area (Å²) in [7, 11) is -1.48. The van der Waals surface area contributed by atoms with E-state index in [9.17, 15) is 8.42 Å². The Morgan fingerprint density at radius 2 is 1.95 bits per heavy atom. The Hall–Kier alpha value is -1.11. The molecule has 1 fully saturated rings. The molecule has 1 heterocycles. The number of piperazine rings is 1. The van der Waals surface area contributed by atoms with Crippen LogP contribution in [0.2, 0.25) is 0 Å². The molecule has 2 rings (SSSR count). The van der Waals surface area contributed by atoms with Gasteiger partial charge >= 0.3 is 0 Å². The zero-order valence-electron chi connectivity index (χ0n) is 13.3. The lowest BCUT2D eigenvalue weighted by molar-refractivity contribution is 0.144. The monoisotopic (exact) mass is 311 g/mol. The van der Waals surface area contributed by atoms with Gasteiger partial charge in [0.25, 0.3) is 0 Å². The van der Waals surface area contributed by atoms with Crippen LogP contribution in [-0.4, -0.2) is 50.3 Å². The number of anilines is 1. The van der Waals surface area contributed by atoms with Crippen LogP contribution in [0.15, 0.2) is 17.0 Å². The van der Waals surface area contributed by atoms with Gasteiger partial charge in [0.1, 0.15) is 4.90 Å². The molecule has 0 bridgehead atoms. The van der Waals surface area contributed by atoms with E-state index >= 15 is 0 Å². The fraction of sp³-hybridized carbons (Fsp3) is 0.600. The van der Waals surface area contributed by atoms with Crippen LogP contribution >= 0.6 is 0 Å². The van der Waals surface area contributed by atoms with E-state index in [1.54, 1.807) is 10.4 Å². The number of nitrogens with zero attached hydrogens (tertiary/aromatic N) is 2. The van der Waals surface area contributed by atoms with Crippen molar-refractivity contribution >= 4 is 15.7 Å². The molecule has 1 aliphatic rings. The minimum atomic E-state index is -3.53. The first-order valence-corrected chi connectivity index (χ1v) is 8.79. The molecule has 2 N–H and O–H groups in total. The van der Waals surface area contributed by atoms with Crippen molar-refractivity contribution in [1.29, 1.82) is 0 Å². The molecule has 1 aromatic carbocycles. The summed E-state index contributed by atoms with van der Waals surface area (Å²) in [5, 5.41) is 0. The lowest BCUT2D eigenvalue weighted by Gasteiger charge is -2.38. The molecular formula is C15H25N3O2S. The van der Waals surface area contributed by atoms with Crippen molar-refractivity contribution in [3.05, 3.63) is 23.3 Å². The van der Waals surface area contributed by atoms with Crippen LogP contribution in [-0.2, 0) is 10.0 Å². The van der Waals surface area contributed by atoms with E-state index in [1.807, 2.05) is 27.0 Å². The Kier molecular flexibility index (Phi) is 4.60. The minimum absolute atomic E-state index is 0.264. The number of rotatable bonds is 3. The number of hydrogen-bond donors (Lipinski definition) is 1. The van der Waals surface area contributed by atoms with Crippen LogP contribution in [0.5, 0.6) is 0 Å². The average molecular weight is 311 g/mol. The van der Waals surface area contributed by atoms with Crippen molar-refractivity contribution in [2.24, 2.45) is 0 Å². The van der Waals surface area contributed by atoms with E-state index in [1.165, 1.54) is 0 Å². The quantitative estimate of drug-likeness (QED) is 0.861. The molecular weight excluding hydrogens is 286 g/mol. The van der Waals surface area contributed by atoms with Crippen molar-refractivity contribution in [1.82, 2.24) is 9.21 Å². The number of likely N-dealkylation sites (N-methyl/N-ethyl adjacent to an activating group) is 1. The van der Waals surface area contributed by atoms with E-state index in [4.69, 9.17) is 5.73 Å². The smallest absolute Gasteiger partial charge is 0.245 e. The van der Waals surface area contributed by atoms with Gasteiger partial charge in [-0.05, 0) is 44.5 Å². The third kappa shape index (κ3) is 2.93. The van der Waals surface area contributed by atoms with Gasteiger partial charge in [-0.15, -0.1) is 0 Å². The van der Waals surface area contributed by atoms with Gasteiger partial charge in [-0.3, -0.25) is 0 Å². The molecule has 0 aliphatic carbocycles. The molecule has 5 nitrogen and oxygen atoms in total. The van der Waals surface area contributed by atoms with Crippen LogP contribution in [0.3, 0.4) is 0 Å². The van der Waals surface area contributed by atoms with Crippen LogP contribution in [0.4, 0.5) is 5.69 Å². The number of nitrogens with two attached hydrogens (primary N) is 1. The van der Waals surface area contributed by atoms with Crippen LogP contribution in [0, 0.1) is 13.8 Å². The number of benzene rings is 1. The lowest BCUT2D eigenvalue weighted by atomic mass is 10.1. The van der Waals surface area contributed by atoms with Crippen LogP contribution < -0.4 is 5.73 Å². The van der Waals surface area contributed by atoms with E-state index < -0.39 is 10.0 Å². The molecule has 0 aromatic heterocycles. The summed E-state index contributed by atoms with van der Waals surface area (Å²) >= 11 is 0. The normalized spacial score (nSPS) is 21.6. The van der Waals surface area contributed by atoms with Gasteiger partial charge in [-0.25, -0.2) is 8.42 Å². The summed E-state index contributed by atoms with van der Waals surface area (Å²) in [6, 6.07) is 3.81. The third-order valence-electron chi connectivity index (χ3n) is 4.52. The minimum Gasteiger partial charge on any atom is -0.398 e. The summed E-state index contributed by atoms with van der Waals surface area (Å²) < 4.78 is 27.5. The molecule has 1 unspecified atom stereocenters. The highest BCUT2D eigenvalue weighted by atomic mass is 32.2. The van der Waals surface area contributed by atoms with Gasteiger partial charge in [0, 0.05) is 25.7 Å². The van der Waals surface area contributed by atoms with Gasteiger partial charge in [0.05, 0.1) is 5.69 Å². The molecule has 0 spiro atoms. The highest BCUT2D eigenvalue weighted by Crippen LogP contribution is 2.29. The molecule has 6 heteroatoms. The molecule has 0 saturated carbocycles. The summed E-state index contributed by atoms with van der Waals surface area (Å²) in [6.45, 7) is 7.62. The second-order valence-electron chi connectivity index (χ2n) is 5.83. The largest absolute Gasteiger partial charge is 0.398 e. The van der Waals surface area contributed by atoms with E-state index in [0.717, 1.165) is 24.1 Å². The van der Waals surface area contributed by atoms with Crippen LogP contribution in [0.1, 0.15) is 24.5 Å². The van der Waals surface area contributed by atoms with E-state index in [2.05, 4.69) is 11.8 Å². The Balaban J connectivity index is 2.42. The maximum atomic E-state index is 13.0. The van der Waals surface area contributed by atoms with Crippen molar-refractivity contribution in [2.75, 3.05) is 32.4 Å². The Bertz CT molecular complexity index is 628. The van der Waals surface area contributed by atoms with Gasteiger partial charge in [-0.2, -0.15) is 4.31 Å². The number of aryl methyl sites for hydroxylation is 1. The number of sulfonamides is 1. The second-order valence-corrected chi connectivity index (χ2v) is 7.71. The third-order valence-corrected chi connectivity index (χ3v) is 6.59. The fourth-order valence-corrected chi connectivity index (χ4v) is 4.72. The molecule has 1 aromatic rings. The zero-order chi connectivity index (χ0) is 15.8. The molecule has 1 atom stereocenters. The van der Waals surface area contributed by atoms with Crippen molar-refractivity contribution in [2.45, 2.75) is 38.1 Å². The highest BCUT2D eigenvalue weighted by molar-refractivity contribution is 7.89. The number of hydrogen-bond acceptors (Lipinski definition) is 4.